The Morgan fingerprint density at radius 2 is 1.97 bits per heavy atom. The molecule has 0 atom stereocenters. The second-order valence-corrected chi connectivity index (χ2v) is 6.70. The van der Waals surface area contributed by atoms with Gasteiger partial charge in [-0.3, -0.25) is 4.79 Å². The first-order valence-electron chi connectivity index (χ1n) is 8.99. The molecule has 4 rings (SSSR count). The molecule has 3 N–H and O–H groups in total. The van der Waals surface area contributed by atoms with Crippen molar-refractivity contribution in [2.75, 3.05) is 24.3 Å². The number of amides is 1. The summed E-state index contributed by atoms with van der Waals surface area (Å²) in [7, 11) is 3.62. The molecule has 3 heterocycles. The zero-order chi connectivity index (χ0) is 21.3. The number of nitrogens with zero attached hydrogens (tertiary/aromatic N) is 7. The Balaban J connectivity index is 1.73. The second-order valence-electron chi connectivity index (χ2n) is 6.70. The summed E-state index contributed by atoms with van der Waals surface area (Å²) < 4.78 is 14.8. The first kappa shape index (κ1) is 19.2. The van der Waals surface area contributed by atoms with E-state index in [1.807, 2.05) is 14.1 Å². The Bertz CT molecular complexity index is 1240. The zero-order valence-electron chi connectivity index (χ0n) is 16.2. The van der Waals surface area contributed by atoms with Crippen molar-refractivity contribution in [3.05, 3.63) is 59.5 Å². The minimum Gasteiger partial charge on any atom is -0.364 e. The number of pyridine rings is 1. The maximum absolute atomic E-state index is 13.5. The lowest BCUT2D eigenvalue weighted by molar-refractivity contribution is 0.0993. The number of nitrogens with two attached hydrogens (primary N) is 1. The summed E-state index contributed by atoms with van der Waals surface area (Å²) in [6, 6.07) is 11.2. The van der Waals surface area contributed by atoms with Gasteiger partial charge < -0.3 is 16.0 Å². The van der Waals surface area contributed by atoms with Crippen molar-refractivity contribution in [2.24, 2.45) is 5.73 Å². The average molecular weight is 407 g/mol. The Labute approximate surface area is 170 Å². The summed E-state index contributed by atoms with van der Waals surface area (Å²) in [5.74, 6) is 0.228. The topological polar surface area (TPSA) is 127 Å². The van der Waals surface area contributed by atoms with Gasteiger partial charge in [0.25, 0.3) is 5.91 Å². The number of hydrogen-bond donors (Lipinski definition) is 2. The smallest absolute Gasteiger partial charge is 0.267 e. The van der Waals surface area contributed by atoms with E-state index in [-0.39, 0.29) is 17.3 Å². The van der Waals surface area contributed by atoms with Gasteiger partial charge in [-0.1, -0.05) is 23.4 Å². The molecule has 0 fully saturated rings. The standard InChI is InChI=1S/C19H18FN9O/c1-28(2)19-18(22-10-11-5-3-6-12(20)9-11)23-17(25-26-19)15-13-7-4-8-14(16(21)30)29(13)27-24-15/h3-9H,10H2,1-2H3,(H2,21,30)(H,22,23,25). The van der Waals surface area contributed by atoms with Gasteiger partial charge in [0.1, 0.15) is 11.5 Å². The van der Waals surface area contributed by atoms with Crippen LogP contribution in [-0.4, -0.2) is 50.0 Å². The van der Waals surface area contributed by atoms with E-state index in [0.29, 0.717) is 29.4 Å². The van der Waals surface area contributed by atoms with Crippen LogP contribution in [0, 0.1) is 5.82 Å². The van der Waals surface area contributed by atoms with Gasteiger partial charge in [-0.05, 0) is 29.8 Å². The highest BCUT2D eigenvalue weighted by Gasteiger charge is 2.19. The highest BCUT2D eigenvalue weighted by molar-refractivity contribution is 5.92. The predicted octanol–water partition coefficient (Wildman–Crippen LogP) is 1.50. The van der Waals surface area contributed by atoms with Crippen molar-refractivity contribution in [1.29, 1.82) is 0 Å². The number of hydrogen-bond acceptors (Lipinski definition) is 8. The molecule has 0 saturated carbocycles. The Hall–Kier alpha value is -4.15. The van der Waals surface area contributed by atoms with E-state index in [2.05, 4.69) is 30.8 Å². The number of carbonyl (C=O) groups is 1. The van der Waals surface area contributed by atoms with Crippen molar-refractivity contribution in [3.63, 3.8) is 0 Å². The largest absolute Gasteiger partial charge is 0.364 e. The maximum atomic E-state index is 13.5. The van der Waals surface area contributed by atoms with Gasteiger partial charge in [0.05, 0.1) is 5.52 Å². The number of benzene rings is 1. The number of carbonyl (C=O) groups excluding carboxylic acids is 1. The van der Waals surface area contributed by atoms with Gasteiger partial charge >= 0.3 is 0 Å². The minimum absolute atomic E-state index is 0.188. The molecule has 1 amide bonds. The highest BCUT2D eigenvalue weighted by atomic mass is 19.1. The van der Waals surface area contributed by atoms with Gasteiger partial charge in [0, 0.05) is 20.6 Å². The third-order valence-corrected chi connectivity index (χ3v) is 4.35. The number of nitrogens with one attached hydrogen (secondary N) is 1. The van der Waals surface area contributed by atoms with Crippen LogP contribution in [0.25, 0.3) is 17.0 Å². The summed E-state index contributed by atoms with van der Waals surface area (Å²) in [6.45, 7) is 0.338. The number of halogens is 1. The fraction of sp³-hybridized carbons (Fsp3) is 0.158. The van der Waals surface area contributed by atoms with Crippen LogP contribution in [0.1, 0.15) is 16.1 Å². The Morgan fingerprint density at radius 3 is 2.70 bits per heavy atom. The number of primary amides is 1. The molecule has 4 aromatic rings. The average Bonchev–Trinajstić information content (AvgIpc) is 3.16. The SMILES string of the molecule is CN(C)c1nnc(-c2nnn3c(C(N)=O)cccc23)nc1NCc1cccc(F)c1. The molecule has 3 aromatic heterocycles. The number of aromatic nitrogens is 6. The quantitative estimate of drug-likeness (QED) is 0.492. The summed E-state index contributed by atoms with van der Waals surface area (Å²) in [6.07, 6.45) is 0. The fourth-order valence-electron chi connectivity index (χ4n) is 2.94. The third-order valence-electron chi connectivity index (χ3n) is 4.35. The van der Waals surface area contributed by atoms with Crippen molar-refractivity contribution < 1.29 is 9.18 Å². The van der Waals surface area contributed by atoms with Crippen LogP contribution in [-0.2, 0) is 6.54 Å². The molecule has 0 aliphatic heterocycles. The molecule has 0 aliphatic carbocycles. The normalized spacial score (nSPS) is 10.9. The lowest BCUT2D eigenvalue weighted by atomic mass is 10.2. The van der Waals surface area contributed by atoms with E-state index < -0.39 is 5.91 Å². The van der Waals surface area contributed by atoms with E-state index in [1.165, 1.54) is 16.6 Å². The molecule has 152 valence electrons. The molecule has 0 unspecified atom stereocenters. The van der Waals surface area contributed by atoms with Crippen molar-refractivity contribution >= 4 is 23.1 Å². The van der Waals surface area contributed by atoms with Crippen LogP contribution in [0.15, 0.2) is 42.5 Å². The van der Waals surface area contributed by atoms with Gasteiger partial charge in [0.2, 0.25) is 5.82 Å². The van der Waals surface area contributed by atoms with Crippen LogP contribution >= 0.6 is 0 Å². The van der Waals surface area contributed by atoms with Crippen LogP contribution in [0.5, 0.6) is 0 Å². The van der Waals surface area contributed by atoms with E-state index in [4.69, 9.17) is 5.73 Å². The molecule has 11 heteroatoms. The fourth-order valence-corrected chi connectivity index (χ4v) is 2.94. The highest BCUT2D eigenvalue weighted by Crippen LogP contribution is 2.25. The summed E-state index contributed by atoms with van der Waals surface area (Å²) >= 11 is 0. The monoisotopic (exact) mass is 407 g/mol. The molecule has 0 aliphatic rings. The van der Waals surface area contributed by atoms with E-state index >= 15 is 0 Å². The van der Waals surface area contributed by atoms with Crippen LogP contribution in [0.3, 0.4) is 0 Å². The van der Waals surface area contributed by atoms with E-state index in [0.717, 1.165) is 5.56 Å². The lowest BCUT2D eigenvalue weighted by Crippen LogP contribution is -2.17. The minimum atomic E-state index is -0.628. The third kappa shape index (κ3) is 3.60. The number of anilines is 2. The Kier molecular flexibility index (Phi) is 4.92. The predicted molar refractivity (Wildman–Crippen MR) is 108 cm³/mol. The molecule has 10 nitrogen and oxygen atoms in total. The zero-order valence-corrected chi connectivity index (χ0v) is 16.2. The molecular weight excluding hydrogens is 389 g/mol. The maximum Gasteiger partial charge on any atom is 0.267 e. The van der Waals surface area contributed by atoms with Crippen molar-refractivity contribution in [3.8, 4) is 11.5 Å². The Morgan fingerprint density at radius 1 is 1.17 bits per heavy atom. The molecule has 0 bridgehead atoms. The van der Waals surface area contributed by atoms with Gasteiger partial charge in [-0.2, -0.15) is 0 Å². The summed E-state index contributed by atoms with van der Waals surface area (Å²) in [5.41, 5.74) is 7.20. The van der Waals surface area contributed by atoms with Crippen LogP contribution in [0.2, 0.25) is 0 Å². The van der Waals surface area contributed by atoms with Gasteiger partial charge in [0.15, 0.2) is 17.3 Å². The number of fused-ring (bicyclic) bond motifs is 1. The first-order chi connectivity index (χ1) is 14.4. The van der Waals surface area contributed by atoms with Crippen molar-refractivity contribution in [2.45, 2.75) is 6.54 Å². The van der Waals surface area contributed by atoms with E-state index in [1.54, 1.807) is 35.2 Å². The summed E-state index contributed by atoms with van der Waals surface area (Å²) in [4.78, 5) is 17.9. The lowest BCUT2D eigenvalue weighted by Gasteiger charge is -2.16. The molecule has 30 heavy (non-hydrogen) atoms. The van der Waals surface area contributed by atoms with Gasteiger partial charge in [-0.15, -0.1) is 15.3 Å². The first-order valence-corrected chi connectivity index (χ1v) is 8.99. The molecular formula is C19H18FN9O. The second kappa shape index (κ2) is 7.70. The molecule has 1 aromatic carbocycles. The molecule has 0 spiro atoms. The van der Waals surface area contributed by atoms with E-state index in [9.17, 15) is 9.18 Å². The van der Waals surface area contributed by atoms with Crippen molar-refractivity contribution in [1.82, 2.24) is 30.0 Å². The molecule has 0 radical (unpaired) electrons. The van der Waals surface area contributed by atoms with Gasteiger partial charge in [-0.25, -0.2) is 13.9 Å². The molecule has 0 saturated heterocycles. The van der Waals surface area contributed by atoms with Crippen LogP contribution < -0.4 is 16.0 Å². The van der Waals surface area contributed by atoms with Crippen LogP contribution in [0.4, 0.5) is 16.0 Å². The summed E-state index contributed by atoms with van der Waals surface area (Å²) in [5, 5.41) is 19.7. The number of rotatable bonds is 6.